The van der Waals surface area contributed by atoms with E-state index in [-0.39, 0.29) is 0 Å². The Bertz CT molecular complexity index is 846. The van der Waals surface area contributed by atoms with Crippen molar-refractivity contribution in [2.75, 3.05) is 18.5 Å². The lowest BCUT2D eigenvalue weighted by Gasteiger charge is -2.19. The largest absolute Gasteiger partial charge is 0.486 e. The predicted molar refractivity (Wildman–Crippen MR) is 87.2 cm³/mol. The van der Waals surface area contributed by atoms with E-state index in [1.807, 2.05) is 30.5 Å². The zero-order valence-electron chi connectivity index (χ0n) is 12.3. The maximum absolute atomic E-state index is 5.62. The minimum atomic E-state index is 0.586. The molecule has 0 saturated heterocycles. The van der Waals surface area contributed by atoms with Crippen LogP contribution in [0.4, 0.5) is 11.5 Å². The van der Waals surface area contributed by atoms with Crippen molar-refractivity contribution in [3.05, 3.63) is 54.2 Å². The van der Waals surface area contributed by atoms with Crippen molar-refractivity contribution in [1.29, 1.82) is 0 Å². The van der Waals surface area contributed by atoms with Gasteiger partial charge in [-0.05, 0) is 30.5 Å². The smallest absolute Gasteiger partial charge is 0.163 e. The van der Waals surface area contributed by atoms with Gasteiger partial charge in [-0.3, -0.25) is 0 Å². The van der Waals surface area contributed by atoms with Gasteiger partial charge in [-0.15, -0.1) is 0 Å². The Balaban J connectivity index is 1.71. The van der Waals surface area contributed by atoms with Gasteiger partial charge in [0, 0.05) is 23.3 Å². The first kappa shape index (κ1) is 13.0. The third-order valence-corrected chi connectivity index (χ3v) is 3.72. The Hall–Kier alpha value is -2.75. The average Bonchev–Trinajstić information content (AvgIpc) is 2.55. The predicted octanol–water partition coefficient (Wildman–Crippen LogP) is 4.06. The molecule has 4 nitrogen and oxygen atoms in total. The van der Waals surface area contributed by atoms with Crippen molar-refractivity contribution >= 4 is 22.3 Å². The van der Waals surface area contributed by atoms with Crippen LogP contribution in [0, 0.1) is 6.92 Å². The summed E-state index contributed by atoms with van der Waals surface area (Å²) in [7, 11) is 0. The number of aryl methyl sites for hydroxylation is 1. The number of aromatic nitrogens is 1. The first-order valence-electron chi connectivity index (χ1n) is 7.32. The van der Waals surface area contributed by atoms with Gasteiger partial charge < -0.3 is 14.8 Å². The molecule has 0 atom stereocenters. The van der Waals surface area contributed by atoms with E-state index in [0.717, 1.165) is 28.4 Å². The second-order valence-corrected chi connectivity index (χ2v) is 5.37. The normalized spacial score (nSPS) is 13.1. The van der Waals surface area contributed by atoms with Gasteiger partial charge in [0.25, 0.3) is 0 Å². The molecule has 2 aromatic carbocycles. The number of nitrogens with one attached hydrogen (secondary N) is 1. The minimum Gasteiger partial charge on any atom is -0.486 e. The molecule has 0 bridgehead atoms. The summed E-state index contributed by atoms with van der Waals surface area (Å²) in [4.78, 5) is 4.46. The summed E-state index contributed by atoms with van der Waals surface area (Å²) in [5.41, 5.74) is 2.17. The van der Waals surface area contributed by atoms with E-state index in [4.69, 9.17) is 9.47 Å². The second kappa shape index (κ2) is 5.22. The first-order valence-corrected chi connectivity index (χ1v) is 7.32. The number of anilines is 2. The lowest BCUT2D eigenvalue weighted by atomic mass is 10.1. The van der Waals surface area contributed by atoms with Crippen LogP contribution in [-0.4, -0.2) is 18.2 Å². The van der Waals surface area contributed by atoms with Crippen molar-refractivity contribution in [2.24, 2.45) is 0 Å². The summed E-state index contributed by atoms with van der Waals surface area (Å²) in [6, 6.07) is 14.2. The van der Waals surface area contributed by atoms with Crippen LogP contribution in [0.15, 0.2) is 48.7 Å². The summed E-state index contributed by atoms with van der Waals surface area (Å²) < 4.78 is 11.2. The summed E-state index contributed by atoms with van der Waals surface area (Å²) in [6.45, 7) is 3.28. The molecule has 1 N–H and O–H groups in total. The molecule has 0 amide bonds. The van der Waals surface area contributed by atoms with Gasteiger partial charge in [-0.2, -0.15) is 0 Å². The van der Waals surface area contributed by atoms with Gasteiger partial charge >= 0.3 is 0 Å². The first-order chi connectivity index (χ1) is 10.8. The van der Waals surface area contributed by atoms with Crippen molar-refractivity contribution < 1.29 is 9.47 Å². The number of rotatable bonds is 2. The SMILES string of the molecule is Cc1ccc2c(Nc3ccc4c(c3)OCCO4)nccc2c1. The van der Waals surface area contributed by atoms with E-state index in [2.05, 4.69) is 35.4 Å². The van der Waals surface area contributed by atoms with Crippen molar-refractivity contribution in [3.63, 3.8) is 0 Å². The van der Waals surface area contributed by atoms with Crippen LogP contribution < -0.4 is 14.8 Å². The number of pyridine rings is 1. The third-order valence-electron chi connectivity index (χ3n) is 3.72. The lowest BCUT2D eigenvalue weighted by Crippen LogP contribution is -2.15. The molecule has 0 saturated carbocycles. The van der Waals surface area contributed by atoms with E-state index >= 15 is 0 Å². The van der Waals surface area contributed by atoms with E-state index in [1.165, 1.54) is 10.9 Å². The Morgan fingerprint density at radius 3 is 2.73 bits per heavy atom. The minimum absolute atomic E-state index is 0.586. The standard InChI is InChI=1S/C18H16N2O2/c1-12-2-4-15-13(10-12)6-7-19-18(15)20-14-3-5-16-17(11-14)22-9-8-21-16/h2-7,10-11H,8-9H2,1H3,(H,19,20). The summed E-state index contributed by atoms with van der Waals surface area (Å²) in [5.74, 6) is 2.40. The molecular formula is C18H16N2O2. The highest BCUT2D eigenvalue weighted by molar-refractivity contribution is 5.93. The topological polar surface area (TPSA) is 43.4 Å². The van der Waals surface area contributed by atoms with Gasteiger partial charge in [-0.25, -0.2) is 4.98 Å². The summed E-state index contributed by atoms with van der Waals surface area (Å²) >= 11 is 0. The fourth-order valence-electron chi connectivity index (χ4n) is 2.65. The number of hydrogen-bond donors (Lipinski definition) is 1. The Morgan fingerprint density at radius 1 is 0.955 bits per heavy atom. The number of nitrogens with zero attached hydrogens (tertiary/aromatic N) is 1. The van der Waals surface area contributed by atoms with Gasteiger partial charge in [-0.1, -0.05) is 23.8 Å². The molecule has 110 valence electrons. The van der Waals surface area contributed by atoms with Gasteiger partial charge in [0.15, 0.2) is 11.5 Å². The molecule has 0 radical (unpaired) electrons. The number of hydrogen-bond acceptors (Lipinski definition) is 4. The van der Waals surface area contributed by atoms with Gasteiger partial charge in [0.05, 0.1) is 0 Å². The van der Waals surface area contributed by atoms with E-state index in [0.29, 0.717) is 13.2 Å². The zero-order chi connectivity index (χ0) is 14.9. The van der Waals surface area contributed by atoms with E-state index in [1.54, 1.807) is 0 Å². The number of fused-ring (bicyclic) bond motifs is 2. The molecule has 3 aromatic rings. The highest BCUT2D eigenvalue weighted by Crippen LogP contribution is 2.34. The molecule has 22 heavy (non-hydrogen) atoms. The molecule has 4 rings (SSSR count). The molecule has 1 aliphatic heterocycles. The molecule has 0 aliphatic carbocycles. The van der Waals surface area contributed by atoms with Crippen molar-refractivity contribution in [1.82, 2.24) is 4.98 Å². The zero-order valence-corrected chi connectivity index (χ0v) is 12.3. The molecule has 0 unspecified atom stereocenters. The number of benzene rings is 2. The molecule has 1 aliphatic rings. The van der Waals surface area contributed by atoms with Gasteiger partial charge in [0.2, 0.25) is 0 Å². The monoisotopic (exact) mass is 292 g/mol. The molecule has 1 aromatic heterocycles. The van der Waals surface area contributed by atoms with Gasteiger partial charge in [0.1, 0.15) is 19.0 Å². The number of ether oxygens (including phenoxy) is 2. The molecule has 0 fully saturated rings. The van der Waals surface area contributed by atoms with E-state index < -0.39 is 0 Å². The third kappa shape index (κ3) is 2.33. The summed E-state index contributed by atoms with van der Waals surface area (Å²) in [6.07, 6.45) is 1.82. The van der Waals surface area contributed by atoms with Crippen LogP contribution in [0.2, 0.25) is 0 Å². The quantitative estimate of drug-likeness (QED) is 0.773. The maximum atomic E-state index is 5.62. The Kier molecular flexibility index (Phi) is 3.07. The fourth-order valence-corrected chi connectivity index (χ4v) is 2.65. The molecule has 4 heteroatoms. The van der Waals surface area contributed by atoms with Crippen molar-refractivity contribution in [3.8, 4) is 11.5 Å². The maximum Gasteiger partial charge on any atom is 0.163 e. The lowest BCUT2D eigenvalue weighted by molar-refractivity contribution is 0.171. The van der Waals surface area contributed by atoms with Crippen LogP contribution in [0.5, 0.6) is 11.5 Å². The molecule has 2 heterocycles. The van der Waals surface area contributed by atoms with Crippen LogP contribution in [0.3, 0.4) is 0 Å². The average molecular weight is 292 g/mol. The Morgan fingerprint density at radius 2 is 1.82 bits per heavy atom. The fraction of sp³-hybridized carbons (Fsp3) is 0.167. The highest BCUT2D eigenvalue weighted by atomic mass is 16.6. The molecular weight excluding hydrogens is 276 g/mol. The second-order valence-electron chi connectivity index (χ2n) is 5.37. The Labute approximate surface area is 128 Å². The van der Waals surface area contributed by atoms with Crippen LogP contribution >= 0.6 is 0 Å². The summed E-state index contributed by atoms with van der Waals surface area (Å²) in [5, 5.41) is 5.65. The molecule has 0 spiro atoms. The van der Waals surface area contributed by atoms with Crippen molar-refractivity contribution in [2.45, 2.75) is 6.92 Å². The van der Waals surface area contributed by atoms with Crippen LogP contribution in [-0.2, 0) is 0 Å². The van der Waals surface area contributed by atoms with Crippen LogP contribution in [0.25, 0.3) is 10.8 Å². The highest BCUT2D eigenvalue weighted by Gasteiger charge is 2.12. The van der Waals surface area contributed by atoms with Crippen LogP contribution in [0.1, 0.15) is 5.56 Å². The van der Waals surface area contributed by atoms with E-state index in [9.17, 15) is 0 Å².